The third kappa shape index (κ3) is 2.44. The van der Waals surface area contributed by atoms with Crippen LogP contribution in [0.5, 0.6) is 0 Å². The van der Waals surface area contributed by atoms with Gasteiger partial charge in [-0.2, -0.15) is 5.10 Å². The lowest BCUT2D eigenvalue weighted by Crippen LogP contribution is -2.07. The second-order valence-corrected chi connectivity index (χ2v) is 5.44. The van der Waals surface area contributed by atoms with Gasteiger partial charge in [0.05, 0.1) is 23.8 Å². The molecule has 0 aliphatic heterocycles. The lowest BCUT2D eigenvalue weighted by Gasteiger charge is -2.05. The second-order valence-electron chi connectivity index (χ2n) is 5.17. The first-order valence-corrected chi connectivity index (χ1v) is 7.56. The van der Waals surface area contributed by atoms with Crippen molar-refractivity contribution in [3.63, 3.8) is 0 Å². The Labute approximate surface area is 127 Å². The zero-order valence-corrected chi connectivity index (χ0v) is 13.2. The van der Waals surface area contributed by atoms with E-state index >= 15 is 0 Å². The van der Waals surface area contributed by atoms with Crippen LogP contribution in [0.15, 0.2) is 10.6 Å². The summed E-state index contributed by atoms with van der Waals surface area (Å²) in [6, 6.07) is 1.92. The summed E-state index contributed by atoms with van der Waals surface area (Å²) in [5.74, 6) is 1.97. The van der Waals surface area contributed by atoms with Gasteiger partial charge in [-0.15, -0.1) is 11.6 Å². The summed E-state index contributed by atoms with van der Waals surface area (Å²) >= 11 is 6.05. The van der Waals surface area contributed by atoms with E-state index in [0.717, 1.165) is 47.0 Å². The van der Waals surface area contributed by atoms with Gasteiger partial charge in [0.1, 0.15) is 11.3 Å². The van der Waals surface area contributed by atoms with Crippen LogP contribution < -0.4 is 0 Å². The fourth-order valence-electron chi connectivity index (χ4n) is 2.61. The molecule has 0 aromatic carbocycles. The fraction of sp³-hybridized carbons (Fsp3) is 0.500. The molecule has 0 N–H and O–H groups in total. The molecule has 0 saturated carbocycles. The van der Waals surface area contributed by atoms with Gasteiger partial charge in [-0.25, -0.2) is 4.98 Å². The van der Waals surface area contributed by atoms with Crippen LogP contribution in [0.25, 0.3) is 11.2 Å². The van der Waals surface area contributed by atoms with Crippen LogP contribution in [0.4, 0.5) is 0 Å². The maximum Gasteiger partial charge on any atom is 0.159 e. The Kier molecular flexibility index (Phi) is 3.71. The van der Waals surface area contributed by atoms with Gasteiger partial charge in [0.2, 0.25) is 0 Å². The minimum Gasteiger partial charge on any atom is -0.359 e. The number of hydrogen-bond acceptors (Lipinski definition) is 4. The lowest BCUT2D eigenvalue weighted by atomic mass is 10.2. The van der Waals surface area contributed by atoms with E-state index in [1.807, 2.05) is 24.7 Å². The normalized spacial score (nSPS) is 11.6. The topological polar surface area (TPSA) is 61.7 Å². The van der Waals surface area contributed by atoms with Gasteiger partial charge in [0.25, 0.3) is 0 Å². The monoisotopic (exact) mass is 307 g/mol. The first-order chi connectivity index (χ1) is 10.1. The van der Waals surface area contributed by atoms with Crippen molar-refractivity contribution in [1.29, 1.82) is 0 Å². The van der Waals surface area contributed by atoms with E-state index in [1.165, 1.54) is 0 Å². The number of aryl methyl sites for hydroxylation is 3. The molecule has 3 aromatic rings. The molecule has 0 aliphatic carbocycles. The summed E-state index contributed by atoms with van der Waals surface area (Å²) in [5.41, 5.74) is 3.80. The van der Waals surface area contributed by atoms with Crippen molar-refractivity contribution in [1.82, 2.24) is 24.5 Å². The van der Waals surface area contributed by atoms with Crippen LogP contribution >= 0.6 is 11.6 Å². The summed E-state index contributed by atoms with van der Waals surface area (Å²) in [5, 5.41) is 8.49. The SMILES string of the molecule is CCCc1nn(C)c2c1nc(CCl)n2Cc1cc(C)no1. The molecule has 0 bridgehead atoms. The van der Waals surface area contributed by atoms with Crippen molar-refractivity contribution in [2.45, 2.75) is 39.1 Å². The fourth-order valence-corrected chi connectivity index (χ4v) is 2.81. The van der Waals surface area contributed by atoms with Gasteiger partial charge >= 0.3 is 0 Å². The van der Waals surface area contributed by atoms with Crippen LogP contribution in [0.2, 0.25) is 0 Å². The molecule has 0 unspecified atom stereocenters. The van der Waals surface area contributed by atoms with Gasteiger partial charge in [0, 0.05) is 13.1 Å². The third-order valence-corrected chi connectivity index (χ3v) is 3.71. The summed E-state index contributed by atoms with van der Waals surface area (Å²) in [6.45, 7) is 4.60. The van der Waals surface area contributed by atoms with Gasteiger partial charge in [-0.1, -0.05) is 18.5 Å². The Morgan fingerprint density at radius 1 is 1.38 bits per heavy atom. The van der Waals surface area contributed by atoms with Crippen LogP contribution in [0.3, 0.4) is 0 Å². The zero-order chi connectivity index (χ0) is 15.0. The van der Waals surface area contributed by atoms with E-state index in [1.54, 1.807) is 0 Å². The molecular formula is C14H18ClN5O. The summed E-state index contributed by atoms with van der Waals surface area (Å²) in [4.78, 5) is 4.66. The molecule has 0 fully saturated rings. The minimum atomic E-state index is 0.355. The van der Waals surface area contributed by atoms with Crippen molar-refractivity contribution >= 4 is 22.8 Å². The number of aromatic nitrogens is 5. The predicted octanol–water partition coefficient (Wildman–Crippen LogP) is 2.81. The second kappa shape index (κ2) is 5.52. The standard InChI is InChI=1S/C14H18ClN5O/c1-4-5-11-13-14(19(3)17-11)20(12(7-15)16-13)8-10-6-9(2)18-21-10/h6H,4-5,7-8H2,1-3H3. The Morgan fingerprint density at radius 2 is 2.19 bits per heavy atom. The van der Waals surface area contributed by atoms with Crippen LogP contribution in [-0.2, 0) is 25.9 Å². The van der Waals surface area contributed by atoms with Crippen molar-refractivity contribution < 1.29 is 4.52 Å². The Hall–Kier alpha value is -1.82. The average Bonchev–Trinajstić information content (AvgIpc) is 3.09. The maximum absolute atomic E-state index is 6.05. The highest BCUT2D eigenvalue weighted by molar-refractivity contribution is 6.16. The predicted molar refractivity (Wildman–Crippen MR) is 80.4 cm³/mol. The van der Waals surface area contributed by atoms with Gasteiger partial charge < -0.3 is 9.09 Å². The van der Waals surface area contributed by atoms with Crippen LogP contribution in [0, 0.1) is 6.92 Å². The van der Waals surface area contributed by atoms with Gasteiger partial charge in [-0.3, -0.25) is 4.68 Å². The first-order valence-electron chi connectivity index (χ1n) is 7.03. The van der Waals surface area contributed by atoms with Gasteiger partial charge in [0.15, 0.2) is 11.4 Å². The molecule has 0 atom stereocenters. The molecule has 0 aliphatic rings. The average molecular weight is 308 g/mol. The van der Waals surface area contributed by atoms with Crippen molar-refractivity contribution in [3.8, 4) is 0 Å². The summed E-state index contributed by atoms with van der Waals surface area (Å²) in [7, 11) is 1.93. The molecule has 6 nitrogen and oxygen atoms in total. The van der Waals surface area contributed by atoms with Crippen LogP contribution in [0.1, 0.15) is 36.3 Å². The largest absolute Gasteiger partial charge is 0.359 e. The van der Waals surface area contributed by atoms with E-state index in [2.05, 4.69) is 26.7 Å². The molecule has 3 heterocycles. The van der Waals surface area contributed by atoms with E-state index < -0.39 is 0 Å². The number of halogens is 1. The summed E-state index contributed by atoms with van der Waals surface area (Å²) in [6.07, 6.45) is 1.95. The number of hydrogen-bond donors (Lipinski definition) is 0. The lowest BCUT2D eigenvalue weighted by molar-refractivity contribution is 0.372. The van der Waals surface area contributed by atoms with Crippen LogP contribution in [-0.4, -0.2) is 24.5 Å². The highest BCUT2D eigenvalue weighted by atomic mass is 35.5. The van der Waals surface area contributed by atoms with Gasteiger partial charge in [-0.05, 0) is 13.3 Å². The highest BCUT2D eigenvalue weighted by Crippen LogP contribution is 2.23. The molecule has 0 saturated heterocycles. The summed E-state index contributed by atoms with van der Waals surface area (Å²) < 4.78 is 9.23. The molecule has 7 heteroatoms. The number of rotatable bonds is 5. The van der Waals surface area contributed by atoms with Crippen molar-refractivity contribution in [3.05, 3.63) is 29.0 Å². The Morgan fingerprint density at radius 3 is 2.81 bits per heavy atom. The highest BCUT2D eigenvalue weighted by Gasteiger charge is 2.19. The molecule has 3 rings (SSSR count). The molecule has 3 aromatic heterocycles. The Balaban J connectivity index is 2.11. The van der Waals surface area contributed by atoms with E-state index in [4.69, 9.17) is 16.1 Å². The van der Waals surface area contributed by atoms with Crippen molar-refractivity contribution in [2.75, 3.05) is 0 Å². The van der Waals surface area contributed by atoms with Crippen molar-refractivity contribution in [2.24, 2.45) is 7.05 Å². The zero-order valence-electron chi connectivity index (χ0n) is 12.4. The number of alkyl halides is 1. The van der Waals surface area contributed by atoms with E-state index in [0.29, 0.717) is 12.4 Å². The van der Waals surface area contributed by atoms with E-state index in [-0.39, 0.29) is 0 Å². The molecule has 0 amide bonds. The first kappa shape index (κ1) is 14.1. The minimum absolute atomic E-state index is 0.355. The molecule has 0 radical (unpaired) electrons. The number of nitrogens with zero attached hydrogens (tertiary/aromatic N) is 5. The molecular weight excluding hydrogens is 290 g/mol. The maximum atomic E-state index is 6.05. The molecule has 0 spiro atoms. The number of fused-ring (bicyclic) bond motifs is 1. The third-order valence-electron chi connectivity index (χ3n) is 3.47. The van der Waals surface area contributed by atoms with E-state index in [9.17, 15) is 0 Å². The smallest absolute Gasteiger partial charge is 0.159 e. The molecule has 21 heavy (non-hydrogen) atoms. The molecule has 112 valence electrons. The number of imidazole rings is 1. The Bertz CT molecular complexity index is 770. The quantitative estimate of drug-likeness (QED) is 0.680.